The van der Waals surface area contributed by atoms with Crippen molar-refractivity contribution in [2.75, 3.05) is 0 Å². The number of carbonyl (C=O) groups is 1. The van der Waals surface area contributed by atoms with E-state index in [0.29, 0.717) is 30.3 Å². The van der Waals surface area contributed by atoms with Gasteiger partial charge in [0.05, 0.1) is 5.41 Å². The molecule has 1 aliphatic carbocycles. The Morgan fingerprint density at radius 1 is 1.33 bits per heavy atom. The Labute approximate surface area is 121 Å². The number of aliphatic carboxylic acids is 1. The van der Waals surface area contributed by atoms with Crippen molar-refractivity contribution in [3.63, 3.8) is 0 Å². The molecule has 1 N–H and O–H groups in total. The van der Waals surface area contributed by atoms with Gasteiger partial charge in [0.15, 0.2) is 0 Å². The van der Waals surface area contributed by atoms with Crippen LogP contribution in [0, 0.1) is 5.41 Å². The van der Waals surface area contributed by atoms with Gasteiger partial charge in [-0.15, -0.1) is 0 Å². The van der Waals surface area contributed by atoms with Gasteiger partial charge in [-0.3, -0.25) is 4.79 Å². The van der Waals surface area contributed by atoms with Crippen LogP contribution in [0.25, 0.3) is 11.5 Å². The van der Waals surface area contributed by atoms with Gasteiger partial charge in [-0.2, -0.15) is 4.98 Å². The molecule has 0 aromatic carbocycles. The van der Waals surface area contributed by atoms with E-state index in [0.717, 1.165) is 19.3 Å². The van der Waals surface area contributed by atoms with E-state index in [1.54, 1.807) is 12.3 Å². The quantitative estimate of drug-likeness (QED) is 0.919. The van der Waals surface area contributed by atoms with Crippen molar-refractivity contribution in [1.82, 2.24) is 20.1 Å². The molecule has 3 rings (SSSR count). The normalized spacial score (nSPS) is 17.5. The van der Waals surface area contributed by atoms with Crippen LogP contribution in [-0.2, 0) is 11.2 Å². The molecule has 7 nitrogen and oxygen atoms in total. The van der Waals surface area contributed by atoms with E-state index in [9.17, 15) is 9.90 Å². The van der Waals surface area contributed by atoms with Crippen molar-refractivity contribution in [2.24, 2.45) is 5.41 Å². The second kappa shape index (κ2) is 5.59. The molecule has 0 radical (unpaired) electrons. The van der Waals surface area contributed by atoms with E-state index in [1.807, 2.05) is 0 Å². The molecular formula is C14H16N4O3. The zero-order valence-corrected chi connectivity index (χ0v) is 11.5. The van der Waals surface area contributed by atoms with Gasteiger partial charge in [-0.05, 0) is 18.9 Å². The molecule has 2 aromatic heterocycles. The SMILES string of the molecule is O=C(O)C1(Cc2nc(-c3ccncn3)no2)CCCCC1. The largest absolute Gasteiger partial charge is 0.481 e. The maximum Gasteiger partial charge on any atom is 0.310 e. The first-order valence-electron chi connectivity index (χ1n) is 7.02. The highest BCUT2D eigenvalue weighted by molar-refractivity contribution is 5.75. The average Bonchev–Trinajstić information content (AvgIpc) is 2.97. The predicted octanol–water partition coefficient (Wildman–Crippen LogP) is 2.10. The first-order chi connectivity index (χ1) is 10.2. The summed E-state index contributed by atoms with van der Waals surface area (Å²) in [5.41, 5.74) is -0.207. The summed E-state index contributed by atoms with van der Waals surface area (Å²) < 4.78 is 5.21. The molecule has 0 unspecified atom stereocenters. The molecule has 0 spiro atoms. The van der Waals surface area contributed by atoms with E-state index in [4.69, 9.17) is 4.52 Å². The summed E-state index contributed by atoms with van der Waals surface area (Å²) in [6.45, 7) is 0. The Morgan fingerprint density at radius 3 is 2.81 bits per heavy atom. The standard InChI is InChI=1S/C14H16N4O3/c19-13(20)14(5-2-1-3-6-14)8-11-17-12(18-21-11)10-4-7-15-9-16-10/h4,7,9H,1-3,5-6,8H2,(H,19,20). The molecule has 2 aromatic rings. The van der Waals surface area contributed by atoms with Gasteiger partial charge in [0.2, 0.25) is 11.7 Å². The minimum Gasteiger partial charge on any atom is -0.481 e. The summed E-state index contributed by atoms with van der Waals surface area (Å²) >= 11 is 0. The lowest BCUT2D eigenvalue weighted by molar-refractivity contribution is -0.151. The third-order valence-electron chi connectivity index (χ3n) is 4.03. The van der Waals surface area contributed by atoms with Crippen LogP contribution in [0.15, 0.2) is 23.1 Å². The molecule has 7 heteroatoms. The summed E-state index contributed by atoms with van der Waals surface area (Å²) in [5, 5.41) is 13.4. The third-order valence-corrected chi connectivity index (χ3v) is 4.03. The molecule has 0 saturated heterocycles. The second-order valence-corrected chi connectivity index (χ2v) is 5.43. The Morgan fingerprint density at radius 2 is 2.14 bits per heavy atom. The monoisotopic (exact) mass is 288 g/mol. The van der Waals surface area contributed by atoms with Crippen LogP contribution in [0.4, 0.5) is 0 Å². The van der Waals surface area contributed by atoms with Gasteiger partial charge in [0.25, 0.3) is 0 Å². The molecule has 21 heavy (non-hydrogen) atoms. The maximum atomic E-state index is 11.6. The number of carboxylic acids is 1. The number of hydrogen-bond donors (Lipinski definition) is 1. The number of carboxylic acid groups (broad SMARTS) is 1. The van der Waals surface area contributed by atoms with Crippen molar-refractivity contribution < 1.29 is 14.4 Å². The topological polar surface area (TPSA) is 102 Å². The number of aromatic nitrogens is 4. The molecule has 0 bridgehead atoms. The van der Waals surface area contributed by atoms with Crippen LogP contribution in [0.3, 0.4) is 0 Å². The van der Waals surface area contributed by atoms with E-state index in [-0.39, 0.29) is 6.42 Å². The highest BCUT2D eigenvalue weighted by Gasteiger charge is 2.41. The first kappa shape index (κ1) is 13.7. The highest BCUT2D eigenvalue weighted by atomic mass is 16.5. The zero-order chi connectivity index (χ0) is 14.7. The minimum absolute atomic E-state index is 0.278. The zero-order valence-electron chi connectivity index (χ0n) is 11.5. The molecule has 0 amide bonds. The smallest absolute Gasteiger partial charge is 0.310 e. The van der Waals surface area contributed by atoms with Gasteiger partial charge < -0.3 is 9.63 Å². The number of hydrogen-bond acceptors (Lipinski definition) is 6. The van der Waals surface area contributed by atoms with Crippen molar-refractivity contribution in [2.45, 2.75) is 38.5 Å². The van der Waals surface area contributed by atoms with Crippen LogP contribution in [0.1, 0.15) is 38.0 Å². The summed E-state index contributed by atoms with van der Waals surface area (Å²) in [5.74, 6) is -0.0550. The second-order valence-electron chi connectivity index (χ2n) is 5.43. The summed E-state index contributed by atoms with van der Waals surface area (Å²) in [4.78, 5) is 23.8. The van der Waals surface area contributed by atoms with Gasteiger partial charge in [-0.1, -0.05) is 24.4 Å². The van der Waals surface area contributed by atoms with Crippen LogP contribution < -0.4 is 0 Å². The van der Waals surface area contributed by atoms with E-state index in [2.05, 4.69) is 20.1 Å². The predicted molar refractivity (Wildman–Crippen MR) is 72.2 cm³/mol. The van der Waals surface area contributed by atoms with Crippen molar-refractivity contribution >= 4 is 5.97 Å². The van der Waals surface area contributed by atoms with Crippen LogP contribution in [0.5, 0.6) is 0 Å². The molecular weight excluding hydrogens is 272 g/mol. The van der Waals surface area contributed by atoms with Gasteiger partial charge in [0, 0.05) is 12.6 Å². The Balaban J connectivity index is 1.81. The van der Waals surface area contributed by atoms with Crippen LogP contribution >= 0.6 is 0 Å². The summed E-state index contributed by atoms with van der Waals surface area (Å²) in [6.07, 6.45) is 7.55. The molecule has 1 aliphatic rings. The fraction of sp³-hybridized carbons (Fsp3) is 0.500. The average molecular weight is 288 g/mol. The first-order valence-corrected chi connectivity index (χ1v) is 7.02. The highest BCUT2D eigenvalue weighted by Crippen LogP contribution is 2.39. The Hall–Kier alpha value is -2.31. The van der Waals surface area contributed by atoms with Gasteiger partial charge in [-0.25, -0.2) is 9.97 Å². The minimum atomic E-state index is -0.774. The van der Waals surface area contributed by atoms with E-state index in [1.165, 1.54) is 6.33 Å². The molecule has 1 saturated carbocycles. The van der Waals surface area contributed by atoms with Crippen LogP contribution in [0.2, 0.25) is 0 Å². The lowest BCUT2D eigenvalue weighted by atomic mass is 9.72. The molecule has 110 valence electrons. The van der Waals surface area contributed by atoms with Crippen molar-refractivity contribution in [3.05, 3.63) is 24.5 Å². The summed E-state index contributed by atoms with van der Waals surface area (Å²) in [7, 11) is 0. The maximum absolute atomic E-state index is 11.6. The van der Waals surface area contributed by atoms with E-state index >= 15 is 0 Å². The van der Waals surface area contributed by atoms with Gasteiger partial charge >= 0.3 is 5.97 Å². The van der Waals surface area contributed by atoms with Crippen molar-refractivity contribution in [1.29, 1.82) is 0 Å². The third kappa shape index (κ3) is 2.76. The van der Waals surface area contributed by atoms with Gasteiger partial charge in [0.1, 0.15) is 12.0 Å². The molecule has 1 fully saturated rings. The van der Waals surface area contributed by atoms with Crippen LogP contribution in [-0.4, -0.2) is 31.2 Å². The fourth-order valence-electron chi connectivity index (χ4n) is 2.84. The Kier molecular flexibility index (Phi) is 3.64. The fourth-order valence-corrected chi connectivity index (χ4v) is 2.84. The lowest BCUT2D eigenvalue weighted by Crippen LogP contribution is -2.35. The van der Waals surface area contributed by atoms with E-state index < -0.39 is 11.4 Å². The Bertz CT molecular complexity index is 620. The van der Waals surface area contributed by atoms with Crippen molar-refractivity contribution in [3.8, 4) is 11.5 Å². The molecule has 2 heterocycles. The summed E-state index contributed by atoms with van der Waals surface area (Å²) in [6, 6.07) is 1.68. The number of nitrogens with zero attached hydrogens (tertiary/aromatic N) is 4. The number of rotatable bonds is 4. The molecule has 0 aliphatic heterocycles. The lowest BCUT2D eigenvalue weighted by Gasteiger charge is -2.31. The molecule has 0 atom stereocenters.